The largest absolute Gasteiger partial charge is 0.482 e. The fraction of sp³-hybridized carbons (Fsp3) is 0.652. The Kier molecular flexibility index (Phi) is 5.11. The smallest absolute Gasteiger partial charge is 0.344 e. The van der Waals surface area contributed by atoms with Crippen LogP contribution >= 0.6 is 0 Å². The molecule has 0 heterocycles. The molecule has 28 heavy (non-hydrogen) atoms. The van der Waals surface area contributed by atoms with Crippen LogP contribution < -0.4 is 10.1 Å². The normalized spacial score (nSPS) is 31.3. The first-order valence-electron chi connectivity index (χ1n) is 10.5. The number of ether oxygens (including phenoxy) is 2. The fourth-order valence-electron chi connectivity index (χ4n) is 6.01. The molecule has 152 valence electrons. The lowest BCUT2D eigenvalue weighted by atomic mass is 9.53. The quantitative estimate of drug-likeness (QED) is 0.759. The van der Waals surface area contributed by atoms with Gasteiger partial charge >= 0.3 is 5.97 Å². The Morgan fingerprint density at radius 1 is 1.11 bits per heavy atom. The Labute approximate surface area is 167 Å². The molecule has 0 aliphatic heterocycles. The Morgan fingerprint density at radius 2 is 1.71 bits per heavy atom. The van der Waals surface area contributed by atoms with Gasteiger partial charge in [0, 0.05) is 5.54 Å². The summed E-state index contributed by atoms with van der Waals surface area (Å²) < 4.78 is 10.9. The summed E-state index contributed by atoms with van der Waals surface area (Å²) in [6.45, 7) is 5.40. The van der Waals surface area contributed by atoms with Crippen LogP contribution in [0.2, 0.25) is 0 Å². The van der Waals surface area contributed by atoms with Gasteiger partial charge in [0.1, 0.15) is 5.75 Å². The summed E-state index contributed by atoms with van der Waals surface area (Å²) in [5.41, 5.74) is 2.05. The zero-order chi connectivity index (χ0) is 19.9. The summed E-state index contributed by atoms with van der Waals surface area (Å²) in [5.74, 6) is 2.24. The molecule has 0 spiro atoms. The summed E-state index contributed by atoms with van der Waals surface area (Å²) in [5, 5.41) is 3.26. The highest BCUT2D eigenvalue weighted by molar-refractivity contribution is 5.84. The van der Waals surface area contributed by atoms with E-state index in [1.165, 1.54) is 19.3 Å². The van der Waals surface area contributed by atoms with Crippen molar-refractivity contribution in [3.8, 4) is 5.75 Å². The van der Waals surface area contributed by atoms with Crippen molar-refractivity contribution >= 4 is 11.9 Å². The third kappa shape index (κ3) is 4.03. The molecule has 0 aromatic heterocycles. The number of amides is 1. The molecule has 5 rings (SSSR count). The van der Waals surface area contributed by atoms with Crippen molar-refractivity contribution in [3.05, 3.63) is 29.3 Å². The molecule has 0 unspecified atom stereocenters. The van der Waals surface area contributed by atoms with Gasteiger partial charge in [0.25, 0.3) is 5.91 Å². The fourth-order valence-corrected chi connectivity index (χ4v) is 6.01. The first-order chi connectivity index (χ1) is 13.3. The second-order valence-electron chi connectivity index (χ2n) is 9.38. The van der Waals surface area contributed by atoms with Crippen molar-refractivity contribution in [1.82, 2.24) is 5.32 Å². The Bertz CT molecular complexity index is 737. The summed E-state index contributed by atoms with van der Waals surface area (Å²) in [7, 11) is 0. The van der Waals surface area contributed by atoms with Gasteiger partial charge in [0.15, 0.2) is 12.7 Å². The van der Waals surface area contributed by atoms with Crippen molar-refractivity contribution in [2.45, 2.75) is 70.9 Å². The molecule has 5 nitrogen and oxygen atoms in total. The zero-order valence-corrected chi connectivity index (χ0v) is 17.1. The topological polar surface area (TPSA) is 64.6 Å². The number of rotatable bonds is 6. The van der Waals surface area contributed by atoms with Crippen molar-refractivity contribution < 1.29 is 19.1 Å². The van der Waals surface area contributed by atoms with Crippen LogP contribution in [0, 0.1) is 31.6 Å². The molecule has 1 atom stereocenters. The third-order valence-electron chi connectivity index (χ3n) is 6.78. The minimum Gasteiger partial charge on any atom is -0.482 e. The molecule has 4 bridgehead atoms. The molecular formula is C23H31NO4. The van der Waals surface area contributed by atoms with E-state index < -0.39 is 12.1 Å². The van der Waals surface area contributed by atoms with Gasteiger partial charge < -0.3 is 14.8 Å². The summed E-state index contributed by atoms with van der Waals surface area (Å²) in [4.78, 5) is 24.8. The summed E-state index contributed by atoms with van der Waals surface area (Å²) in [6.07, 6.45) is 6.44. The van der Waals surface area contributed by atoms with Crippen LogP contribution in [0.1, 0.15) is 56.6 Å². The molecule has 1 N–H and O–H groups in total. The van der Waals surface area contributed by atoms with Crippen molar-refractivity contribution in [2.24, 2.45) is 17.8 Å². The number of hydrogen-bond donors (Lipinski definition) is 1. The summed E-state index contributed by atoms with van der Waals surface area (Å²) >= 11 is 0. The zero-order valence-electron chi connectivity index (χ0n) is 17.1. The van der Waals surface area contributed by atoms with Gasteiger partial charge in [-0.2, -0.15) is 0 Å². The Morgan fingerprint density at radius 3 is 2.29 bits per heavy atom. The average molecular weight is 386 g/mol. The molecule has 1 amide bonds. The van der Waals surface area contributed by atoms with Gasteiger partial charge in [-0.25, -0.2) is 4.79 Å². The maximum absolute atomic E-state index is 12.7. The SMILES string of the molecule is Cc1ccc(OCC(=O)O[C@H](C)C(=O)NC23CC4CC(CC(C4)C2)C3)c(C)c1. The van der Waals surface area contributed by atoms with Gasteiger partial charge in [-0.1, -0.05) is 17.7 Å². The number of carbonyl (C=O) groups is 2. The molecule has 4 aliphatic rings. The van der Waals surface area contributed by atoms with E-state index >= 15 is 0 Å². The number of benzene rings is 1. The maximum atomic E-state index is 12.7. The van der Waals surface area contributed by atoms with E-state index in [1.807, 2.05) is 32.0 Å². The molecule has 5 heteroatoms. The first kappa shape index (κ1) is 19.3. The van der Waals surface area contributed by atoms with Crippen LogP contribution in [0.15, 0.2) is 18.2 Å². The maximum Gasteiger partial charge on any atom is 0.344 e. The number of esters is 1. The van der Waals surface area contributed by atoms with Gasteiger partial charge in [-0.3, -0.25) is 4.79 Å². The number of nitrogens with one attached hydrogen (secondary N) is 1. The minimum absolute atomic E-state index is 0.0674. The average Bonchev–Trinajstić information content (AvgIpc) is 2.59. The monoisotopic (exact) mass is 385 g/mol. The van der Waals surface area contributed by atoms with E-state index in [9.17, 15) is 9.59 Å². The molecule has 4 aliphatic carbocycles. The van der Waals surface area contributed by atoms with E-state index in [1.54, 1.807) is 6.92 Å². The predicted octanol–water partition coefficient (Wildman–Crippen LogP) is 3.70. The van der Waals surface area contributed by atoms with E-state index in [0.717, 1.165) is 48.1 Å². The van der Waals surface area contributed by atoms with Crippen LogP contribution in [0.4, 0.5) is 0 Å². The van der Waals surface area contributed by atoms with Crippen LogP contribution in [-0.2, 0) is 14.3 Å². The van der Waals surface area contributed by atoms with E-state index in [0.29, 0.717) is 5.75 Å². The van der Waals surface area contributed by atoms with Crippen LogP contribution in [0.25, 0.3) is 0 Å². The lowest BCUT2D eigenvalue weighted by Gasteiger charge is -2.57. The van der Waals surface area contributed by atoms with Crippen molar-refractivity contribution in [2.75, 3.05) is 6.61 Å². The Hall–Kier alpha value is -2.04. The van der Waals surface area contributed by atoms with E-state index in [4.69, 9.17) is 9.47 Å². The van der Waals surface area contributed by atoms with Gasteiger partial charge in [0.2, 0.25) is 0 Å². The van der Waals surface area contributed by atoms with Gasteiger partial charge in [-0.05, 0) is 88.7 Å². The minimum atomic E-state index is -0.803. The second-order valence-corrected chi connectivity index (χ2v) is 9.38. The highest BCUT2D eigenvalue weighted by Gasteiger charge is 2.51. The Balaban J connectivity index is 1.28. The molecular weight excluding hydrogens is 354 g/mol. The molecule has 0 radical (unpaired) electrons. The number of aryl methyl sites for hydroxylation is 2. The predicted molar refractivity (Wildman–Crippen MR) is 106 cm³/mol. The second kappa shape index (κ2) is 7.41. The van der Waals surface area contributed by atoms with Gasteiger partial charge in [-0.15, -0.1) is 0 Å². The number of hydrogen-bond acceptors (Lipinski definition) is 4. The standard InChI is InChI=1S/C23H31NO4/c1-14-4-5-20(15(2)6-14)27-13-21(25)28-16(3)22(26)24-23-10-17-7-18(11-23)9-19(8-17)12-23/h4-6,16-19H,7-13H2,1-3H3,(H,24,26)/t16-,17?,18?,19?,23?/m1/s1. The molecule has 4 saturated carbocycles. The number of carbonyl (C=O) groups excluding carboxylic acids is 2. The third-order valence-corrected chi connectivity index (χ3v) is 6.78. The lowest BCUT2D eigenvalue weighted by Crippen LogP contribution is -2.61. The van der Waals surface area contributed by atoms with Crippen molar-refractivity contribution in [1.29, 1.82) is 0 Å². The highest BCUT2D eigenvalue weighted by atomic mass is 16.6. The molecule has 0 saturated heterocycles. The van der Waals surface area contributed by atoms with Crippen LogP contribution in [0.3, 0.4) is 0 Å². The summed E-state index contributed by atoms with van der Waals surface area (Å²) in [6, 6.07) is 5.79. The van der Waals surface area contributed by atoms with Crippen LogP contribution in [0.5, 0.6) is 5.75 Å². The van der Waals surface area contributed by atoms with Crippen molar-refractivity contribution in [3.63, 3.8) is 0 Å². The van der Waals surface area contributed by atoms with Gasteiger partial charge in [0.05, 0.1) is 0 Å². The molecule has 1 aromatic rings. The molecule has 4 fully saturated rings. The highest BCUT2D eigenvalue weighted by Crippen LogP contribution is 2.55. The van der Waals surface area contributed by atoms with E-state index in [-0.39, 0.29) is 18.1 Å². The molecule has 1 aromatic carbocycles. The van der Waals surface area contributed by atoms with E-state index in [2.05, 4.69) is 5.32 Å². The lowest BCUT2D eigenvalue weighted by molar-refractivity contribution is -0.158. The van der Waals surface area contributed by atoms with Crippen LogP contribution in [-0.4, -0.2) is 30.1 Å². The first-order valence-corrected chi connectivity index (χ1v) is 10.5.